The zero-order valence-corrected chi connectivity index (χ0v) is 12.1. The number of ether oxygens (including phenoxy) is 1. The van der Waals surface area contributed by atoms with Crippen molar-refractivity contribution in [2.75, 3.05) is 6.61 Å². The Morgan fingerprint density at radius 3 is 1.68 bits per heavy atom. The number of hydrogen-bond acceptors (Lipinski definition) is 3. The third kappa shape index (κ3) is 9.69. The first-order valence-corrected chi connectivity index (χ1v) is 7.96. The Balaban J connectivity index is 2.21. The smallest absolute Gasteiger partial charge is 0.305 e. The highest BCUT2D eigenvalue weighted by molar-refractivity contribution is 5.78. The molecule has 1 rings (SSSR count). The minimum Gasteiger partial charge on any atom is -0.466 e. The standard InChI is InChI=1S/C16H28O3/c17-15-11-7-4-2-1-3-5-9-13-16(18)19-14-10-6-8-12-15/h1-14H2. The summed E-state index contributed by atoms with van der Waals surface area (Å²) in [6.45, 7) is 0.521. The van der Waals surface area contributed by atoms with Crippen LogP contribution in [0.3, 0.4) is 0 Å². The predicted octanol–water partition coefficient (Wildman–Crippen LogP) is 4.18. The van der Waals surface area contributed by atoms with E-state index >= 15 is 0 Å². The van der Waals surface area contributed by atoms with Crippen LogP contribution >= 0.6 is 0 Å². The second-order valence-electron chi connectivity index (χ2n) is 5.54. The Labute approximate surface area is 117 Å². The van der Waals surface area contributed by atoms with Gasteiger partial charge in [-0.2, -0.15) is 0 Å². The van der Waals surface area contributed by atoms with Crippen LogP contribution in [0.1, 0.15) is 83.5 Å². The van der Waals surface area contributed by atoms with E-state index in [-0.39, 0.29) is 5.97 Å². The van der Waals surface area contributed by atoms with Crippen molar-refractivity contribution in [2.24, 2.45) is 0 Å². The Hall–Kier alpha value is -0.860. The van der Waals surface area contributed by atoms with Gasteiger partial charge in [-0.25, -0.2) is 0 Å². The van der Waals surface area contributed by atoms with Gasteiger partial charge >= 0.3 is 5.97 Å². The second kappa shape index (κ2) is 11.0. The molecule has 0 aliphatic carbocycles. The summed E-state index contributed by atoms with van der Waals surface area (Å²) in [6.07, 6.45) is 12.8. The predicted molar refractivity (Wildman–Crippen MR) is 76.0 cm³/mol. The van der Waals surface area contributed by atoms with Crippen LogP contribution in [0.2, 0.25) is 0 Å². The second-order valence-corrected chi connectivity index (χ2v) is 5.54. The first kappa shape index (κ1) is 16.2. The molecule has 0 aromatic carbocycles. The monoisotopic (exact) mass is 268 g/mol. The summed E-state index contributed by atoms with van der Waals surface area (Å²) in [4.78, 5) is 23.0. The van der Waals surface area contributed by atoms with E-state index < -0.39 is 0 Å². The van der Waals surface area contributed by atoms with E-state index in [1.54, 1.807) is 0 Å². The summed E-state index contributed by atoms with van der Waals surface area (Å²) >= 11 is 0. The van der Waals surface area contributed by atoms with Crippen LogP contribution in [-0.4, -0.2) is 18.4 Å². The van der Waals surface area contributed by atoms with Gasteiger partial charge in [0.15, 0.2) is 0 Å². The molecule has 110 valence electrons. The van der Waals surface area contributed by atoms with Crippen molar-refractivity contribution in [1.82, 2.24) is 0 Å². The third-order valence-electron chi connectivity index (χ3n) is 3.70. The first-order chi connectivity index (χ1) is 9.29. The summed E-state index contributed by atoms with van der Waals surface area (Å²) in [5.74, 6) is 0.349. The van der Waals surface area contributed by atoms with Crippen LogP contribution in [0.5, 0.6) is 0 Å². The number of ketones is 1. The van der Waals surface area contributed by atoms with E-state index in [9.17, 15) is 9.59 Å². The number of rotatable bonds is 0. The normalized spacial score (nSPS) is 22.5. The lowest BCUT2D eigenvalue weighted by Gasteiger charge is -2.04. The van der Waals surface area contributed by atoms with E-state index in [1.165, 1.54) is 25.7 Å². The lowest BCUT2D eigenvalue weighted by Crippen LogP contribution is -2.05. The summed E-state index contributed by atoms with van der Waals surface area (Å²) < 4.78 is 5.17. The van der Waals surface area contributed by atoms with E-state index in [4.69, 9.17) is 4.74 Å². The van der Waals surface area contributed by atoms with Crippen molar-refractivity contribution in [1.29, 1.82) is 0 Å². The van der Waals surface area contributed by atoms with Gasteiger partial charge < -0.3 is 4.74 Å². The first-order valence-electron chi connectivity index (χ1n) is 7.96. The SMILES string of the molecule is O=C1CCCCCCCCCC(=O)OCCCCC1. The van der Waals surface area contributed by atoms with Crippen LogP contribution in [-0.2, 0) is 14.3 Å². The zero-order chi connectivity index (χ0) is 13.8. The molecule has 1 saturated heterocycles. The topological polar surface area (TPSA) is 43.4 Å². The molecular weight excluding hydrogens is 240 g/mol. The average molecular weight is 268 g/mol. The molecule has 0 unspecified atom stereocenters. The van der Waals surface area contributed by atoms with Crippen LogP contribution < -0.4 is 0 Å². The number of carbonyl (C=O) groups is 2. The van der Waals surface area contributed by atoms with Crippen molar-refractivity contribution in [3.63, 3.8) is 0 Å². The fourth-order valence-corrected chi connectivity index (χ4v) is 2.46. The van der Waals surface area contributed by atoms with Gasteiger partial charge in [0.1, 0.15) is 5.78 Å². The average Bonchev–Trinajstić information content (AvgIpc) is 2.40. The molecule has 19 heavy (non-hydrogen) atoms. The zero-order valence-electron chi connectivity index (χ0n) is 12.1. The number of Topliss-reactive ketones (excluding diaryl/α,β-unsaturated/α-hetero) is 1. The highest BCUT2D eigenvalue weighted by Gasteiger charge is 2.05. The molecule has 1 fully saturated rings. The summed E-state index contributed by atoms with van der Waals surface area (Å²) in [5, 5.41) is 0. The molecule has 0 bridgehead atoms. The van der Waals surface area contributed by atoms with Crippen molar-refractivity contribution >= 4 is 11.8 Å². The van der Waals surface area contributed by atoms with Crippen LogP contribution in [0.25, 0.3) is 0 Å². The van der Waals surface area contributed by atoms with E-state index in [2.05, 4.69) is 0 Å². The Morgan fingerprint density at radius 2 is 1.05 bits per heavy atom. The molecule has 1 aliphatic heterocycles. The molecule has 0 spiro atoms. The molecule has 0 radical (unpaired) electrons. The minimum absolute atomic E-state index is 0.0552. The Bertz CT molecular complexity index is 235. The van der Waals surface area contributed by atoms with Crippen molar-refractivity contribution < 1.29 is 14.3 Å². The molecule has 0 N–H and O–H groups in total. The number of esters is 1. The van der Waals surface area contributed by atoms with Gasteiger partial charge in [0.2, 0.25) is 0 Å². The molecule has 0 atom stereocenters. The van der Waals surface area contributed by atoms with E-state index in [0.29, 0.717) is 25.2 Å². The molecular formula is C16H28O3. The van der Waals surface area contributed by atoms with Gasteiger partial charge in [-0.05, 0) is 32.1 Å². The van der Waals surface area contributed by atoms with Gasteiger partial charge in [-0.1, -0.05) is 32.1 Å². The molecule has 1 aliphatic rings. The van der Waals surface area contributed by atoms with Crippen molar-refractivity contribution in [2.45, 2.75) is 83.5 Å². The molecule has 3 nitrogen and oxygen atoms in total. The summed E-state index contributed by atoms with van der Waals surface area (Å²) in [6, 6.07) is 0. The molecule has 1 heterocycles. The fourth-order valence-electron chi connectivity index (χ4n) is 2.46. The van der Waals surface area contributed by atoms with Gasteiger partial charge in [0, 0.05) is 19.3 Å². The number of hydrogen-bond donors (Lipinski definition) is 0. The highest BCUT2D eigenvalue weighted by Crippen LogP contribution is 2.12. The Kier molecular flexibility index (Phi) is 9.38. The molecule has 0 saturated carbocycles. The molecule has 0 amide bonds. The highest BCUT2D eigenvalue weighted by atomic mass is 16.5. The van der Waals surface area contributed by atoms with Gasteiger partial charge in [0.25, 0.3) is 0 Å². The lowest BCUT2D eigenvalue weighted by atomic mass is 10.0. The Morgan fingerprint density at radius 1 is 0.579 bits per heavy atom. The molecule has 0 aromatic rings. The maximum absolute atomic E-state index is 11.6. The number of carbonyl (C=O) groups excluding carboxylic acids is 2. The minimum atomic E-state index is -0.0552. The third-order valence-corrected chi connectivity index (χ3v) is 3.70. The summed E-state index contributed by atoms with van der Waals surface area (Å²) in [5.41, 5.74) is 0. The van der Waals surface area contributed by atoms with E-state index in [1.807, 2.05) is 0 Å². The van der Waals surface area contributed by atoms with Crippen LogP contribution in [0.15, 0.2) is 0 Å². The number of cyclic esters (lactones) is 1. The quantitative estimate of drug-likeness (QED) is 0.619. The summed E-state index contributed by atoms with van der Waals surface area (Å²) in [7, 11) is 0. The van der Waals surface area contributed by atoms with Gasteiger partial charge in [0.05, 0.1) is 6.61 Å². The molecule has 3 heteroatoms. The van der Waals surface area contributed by atoms with Crippen LogP contribution in [0, 0.1) is 0 Å². The maximum Gasteiger partial charge on any atom is 0.305 e. The molecule has 0 aromatic heterocycles. The largest absolute Gasteiger partial charge is 0.466 e. The lowest BCUT2D eigenvalue weighted by molar-refractivity contribution is -0.144. The van der Waals surface area contributed by atoms with E-state index in [0.717, 1.165) is 44.9 Å². The van der Waals surface area contributed by atoms with Crippen molar-refractivity contribution in [3.8, 4) is 0 Å². The van der Waals surface area contributed by atoms with Gasteiger partial charge in [-0.15, -0.1) is 0 Å². The van der Waals surface area contributed by atoms with Gasteiger partial charge in [-0.3, -0.25) is 9.59 Å². The van der Waals surface area contributed by atoms with Crippen molar-refractivity contribution in [3.05, 3.63) is 0 Å². The van der Waals surface area contributed by atoms with Crippen LogP contribution in [0.4, 0.5) is 0 Å². The fraction of sp³-hybridized carbons (Fsp3) is 0.875. The maximum atomic E-state index is 11.6.